The number of hydrogen-bond donors (Lipinski definition) is 3. The van der Waals surface area contributed by atoms with Crippen LogP contribution >= 0.6 is 0 Å². The lowest BCUT2D eigenvalue weighted by molar-refractivity contribution is -0.122. The van der Waals surface area contributed by atoms with Gasteiger partial charge in [-0.15, -0.1) is 0 Å². The molecular formula is C23H47BN2O3. The first kappa shape index (κ1) is 26.5. The Hall–Kier alpha value is -0.585. The van der Waals surface area contributed by atoms with E-state index < -0.39 is 0 Å². The van der Waals surface area contributed by atoms with Crippen LogP contribution in [0.1, 0.15) is 116 Å². The Kier molecular flexibility index (Phi) is 16.6. The third-order valence-electron chi connectivity index (χ3n) is 6.03. The summed E-state index contributed by atoms with van der Waals surface area (Å²) in [6, 6.07) is 0.122. The van der Waals surface area contributed by atoms with E-state index in [1.165, 1.54) is 83.5 Å². The molecule has 3 N–H and O–H groups in total. The van der Waals surface area contributed by atoms with Crippen molar-refractivity contribution in [2.24, 2.45) is 0 Å². The fourth-order valence-electron chi connectivity index (χ4n) is 4.17. The second-order valence-corrected chi connectivity index (χ2v) is 8.90. The number of amides is 1. The summed E-state index contributed by atoms with van der Waals surface area (Å²) in [5.41, 5.74) is 5.81. The van der Waals surface area contributed by atoms with E-state index in [0.29, 0.717) is 6.42 Å². The van der Waals surface area contributed by atoms with Crippen molar-refractivity contribution in [3.05, 3.63) is 0 Å². The van der Waals surface area contributed by atoms with E-state index in [1.807, 2.05) is 7.85 Å². The van der Waals surface area contributed by atoms with Gasteiger partial charge < -0.3 is 9.84 Å². The zero-order valence-electron chi connectivity index (χ0n) is 19.2. The van der Waals surface area contributed by atoms with Crippen LogP contribution in [0.25, 0.3) is 0 Å². The Morgan fingerprint density at radius 1 is 0.897 bits per heavy atom. The summed E-state index contributed by atoms with van der Waals surface area (Å²) in [5.74, 6) is 0.0379. The Labute approximate surface area is 180 Å². The monoisotopic (exact) mass is 410 g/mol. The summed E-state index contributed by atoms with van der Waals surface area (Å²) in [6.45, 7) is 2.26. The largest absolute Gasteiger partial charge is 0.394 e. The molecule has 0 aromatic heterocycles. The summed E-state index contributed by atoms with van der Waals surface area (Å²) in [4.78, 5) is 11.9. The zero-order chi connectivity index (χ0) is 21.2. The van der Waals surface area contributed by atoms with Crippen molar-refractivity contribution in [3.8, 4) is 0 Å². The van der Waals surface area contributed by atoms with Gasteiger partial charge in [-0.3, -0.25) is 10.2 Å². The quantitative estimate of drug-likeness (QED) is 0.171. The van der Waals surface area contributed by atoms with E-state index in [0.717, 1.165) is 19.3 Å². The van der Waals surface area contributed by atoms with Gasteiger partial charge >= 0.3 is 0 Å². The summed E-state index contributed by atoms with van der Waals surface area (Å²) >= 11 is 0. The molecule has 0 bridgehead atoms. The molecule has 29 heavy (non-hydrogen) atoms. The molecule has 170 valence electrons. The molecule has 1 saturated heterocycles. The van der Waals surface area contributed by atoms with Gasteiger partial charge in [-0.1, -0.05) is 96.8 Å². The lowest BCUT2D eigenvalue weighted by Gasteiger charge is -2.18. The second kappa shape index (κ2) is 18.2. The van der Waals surface area contributed by atoms with Crippen molar-refractivity contribution in [1.29, 1.82) is 0 Å². The number of unbranched alkanes of at least 4 members (excludes halogenated alkanes) is 14. The van der Waals surface area contributed by atoms with Crippen LogP contribution in [0.15, 0.2) is 0 Å². The highest BCUT2D eigenvalue weighted by atomic mass is 16.5. The summed E-state index contributed by atoms with van der Waals surface area (Å²) in [5, 5.41) is 9.29. The molecule has 0 aliphatic carbocycles. The number of aliphatic hydroxyl groups excluding tert-OH is 1. The normalized spacial score (nSPS) is 21.5. The minimum Gasteiger partial charge on any atom is -0.394 e. The van der Waals surface area contributed by atoms with Crippen molar-refractivity contribution in [3.63, 3.8) is 0 Å². The average Bonchev–Trinajstić information content (AvgIpc) is 3.09. The summed E-state index contributed by atoms with van der Waals surface area (Å²) < 4.78 is 5.58. The Balaban J connectivity index is 1.81. The highest BCUT2D eigenvalue weighted by Crippen LogP contribution is 2.17. The molecule has 0 aromatic rings. The Morgan fingerprint density at radius 2 is 1.38 bits per heavy atom. The predicted molar refractivity (Wildman–Crippen MR) is 124 cm³/mol. The number of rotatable bonds is 19. The molecule has 1 rings (SSSR count). The van der Waals surface area contributed by atoms with E-state index in [4.69, 9.17) is 4.74 Å². The molecule has 0 spiro atoms. The molecule has 1 fully saturated rings. The van der Waals surface area contributed by atoms with Gasteiger partial charge in [0.05, 0.1) is 18.8 Å². The van der Waals surface area contributed by atoms with Crippen molar-refractivity contribution in [2.45, 2.75) is 134 Å². The standard InChI is InChI=1S/C23H47BN2O3/c1-2-3-4-5-6-7-8-9-10-11-12-13-14-15-16-17-23(28)26-25-20-18-22(24)29-21(20)19-27/h20-22,25,27H,2-19,24H2,1H3,(H,26,28)/t20?,21-,22-/m1/s1. The lowest BCUT2D eigenvalue weighted by Crippen LogP contribution is -2.48. The van der Waals surface area contributed by atoms with E-state index in [1.54, 1.807) is 0 Å². The fourth-order valence-corrected chi connectivity index (χ4v) is 4.17. The molecule has 1 unspecified atom stereocenters. The average molecular weight is 410 g/mol. The Morgan fingerprint density at radius 3 is 1.86 bits per heavy atom. The molecule has 5 nitrogen and oxygen atoms in total. The summed E-state index contributed by atoms with van der Waals surface area (Å²) in [6.07, 6.45) is 21.1. The maximum Gasteiger partial charge on any atom is 0.234 e. The minimum absolute atomic E-state index is 0.00000737. The number of carbonyl (C=O) groups is 1. The smallest absolute Gasteiger partial charge is 0.234 e. The summed E-state index contributed by atoms with van der Waals surface area (Å²) in [7, 11) is 1.99. The van der Waals surface area contributed by atoms with Crippen LogP contribution in [-0.4, -0.2) is 43.6 Å². The number of hydrazine groups is 1. The van der Waals surface area contributed by atoms with E-state index in [2.05, 4.69) is 17.8 Å². The number of nitrogens with one attached hydrogen (secondary N) is 2. The van der Waals surface area contributed by atoms with Gasteiger partial charge in [0.1, 0.15) is 7.85 Å². The van der Waals surface area contributed by atoms with Crippen LogP contribution in [0.2, 0.25) is 0 Å². The number of hydrogen-bond acceptors (Lipinski definition) is 4. The maximum atomic E-state index is 11.9. The highest BCUT2D eigenvalue weighted by Gasteiger charge is 2.32. The second-order valence-electron chi connectivity index (χ2n) is 8.90. The lowest BCUT2D eigenvalue weighted by atomic mass is 9.95. The molecular weight excluding hydrogens is 363 g/mol. The first-order chi connectivity index (χ1) is 14.2. The van der Waals surface area contributed by atoms with Gasteiger partial charge in [-0.25, -0.2) is 5.43 Å². The van der Waals surface area contributed by atoms with Crippen LogP contribution in [-0.2, 0) is 9.53 Å². The van der Waals surface area contributed by atoms with Gasteiger partial charge in [-0.2, -0.15) is 0 Å². The SMILES string of the molecule is B[C@H]1CC(NNC(=O)CCCCCCCCCCCCCCCCC)[C@@H](CO)O1. The molecule has 1 aliphatic rings. The molecule has 0 radical (unpaired) electrons. The van der Waals surface area contributed by atoms with Gasteiger partial charge in [0, 0.05) is 12.4 Å². The van der Waals surface area contributed by atoms with E-state index >= 15 is 0 Å². The van der Waals surface area contributed by atoms with Crippen LogP contribution in [0, 0.1) is 0 Å². The molecule has 0 aromatic carbocycles. The van der Waals surface area contributed by atoms with Crippen molar-refractivity contribution in [2.75, 3.05) is 6.61 Å². The van der Waals surface area contributed by atoms with Crippen molar-refractivity contribution < 1.29 is 14.6 Å². The van der Waals surface area contributed by atoms with Gasteiger partial charge in [0.2, 0.25) is 5.91 Å². The van der Waals surface area contributed by atoms with E-state index in [-0.39, 0.29) is 30.7 Å². The molecule has 1 heterocycles. The number of carbonyl (C=O) groups excluding carboxylic acids is 1. The van der Waals surface area contributed by atoms with Crippen LogP contribution in [0.4, 0.5) is 0 Å². The third-order valence-corrected chi connectivity index (χ3v) is 6.03. The van der Waals surface area contributed by atoms with Crippen LogP contribution in [0.3, 0.4) is 0 Å². The molecule has 1 aliphatic heterocycles. The van der Waals surface area contributed by atoms with Crippen molar-refractivity contribution >= 4 is 13.8 Å². The fraction of sp³-hybridized carbons (Fsp3) is 0.957. The van der Waals surface area contributed by atoms with Gasteiger partial charge in [-0.05, 0) is 12.8 Å². The van der Waals surface area contributed by atoms with Crippen LogP contribution in [0.5, 0.6) is 0 Å². The number of ether oxygens (including phenoxy) is 1. The van der Waals surface area contributed by atoms with Gasteiger partial charge in [0.15, 0.2) is 0 Å². The van der Waals surface area contributed by atoms with Crippen molar-refractivity contribution in [1.82, 2.24) is 10.9 Å². The Bertz CT molecular complexity index is 398. The third kappa shape index (κ3) is 14.1. The first-order valence-electron chi connectivity index (χ1n) is 12.5. The maximum absolute atomic E-state index is 11.9. The molecule has 0 saturated carbocycles. The predicted octanol–water partition coefficient (Wildman–Crippen LogP) is 3.98. The molecule has 3 atom stereocenters. The molecule has 6 heteroatoms. The van der Waals surface area contributed by atoms with E-state index in [9.17, 15) is 9.90 Å². The van der Waals surface area contributed by atoms with Crippen LogP contribution < -0.4 is 10.9 Å². The number of aliphatic hydroxyl groups is 1. The zero-order valence-corrected chi connectivity index (χ0v) is 19.2. The minimum atomic E-state index is -0.226. The molecule has 1 amide bonds. The topological polar surface area (TPSA) is 70.6 Å². The highest BCUT2D eigenvalue weighted by molar-refractivity contribution is 6.11. The van der Waals surface area contributed by atoms with Gasteiger partial charge in [0.25, 0.3) is 0 Å². The first-order valence-corrected chi connectivity index (χ1v) is 12.5.